The van der Waals surface area contributed by atoms with Crippen molar-refractivity contribution in [3.8, 4) is 22.5 Å². The van der Waals surface area contributed by atoms with Crippen LogP contribution < -0.4 is 10.6 Å². The maximum Gasteiger partial charge on any atom is 0.408 e. The van der Waals surface area contributed by atoms with Gasteiger partial charge in [0.25, 0.3) is 0 Å². The lowest BCUT2D eigenvalue weighted by Crippen LogP contribution is -2.49. The van der Waals surface area contributed by atoms with Crippen LogP contribution in [0.4, 0.5) is 4.79 Å². The van der Waals surface area contributed by atoms with Crippen molar-refractivity contribution in [2.24, 2.45) is 0 Å². The van der Waals surface area contributed by atoms with E-state index in [-0.39, 0.29) is 12.3 Å². The number of hydrogen-bond acceptors (Lipinski definition) is 6. The molecular formula is C31H38N4O4. The minimum absolute atomic E-state index is 0.262. The first-order valence-corrected chi connectivity index (χ1v) is 13.4. The molecule has 0 saturated heterocycles. The summed E-state index contributed by atoms with van der Waals surface area (Å²) in [5, 5.41) is 5.08. The van der Waals surface area contributed by atoms with Crippen LogP contribution in [-0.2, 0) is 20.7 Å². The minimum atomic E-state index is -0.903. The third-order valence-electron chi connectivity index (χ3n) is 5.90. The van der Waals surface area contributed by atoms with Crippen LogP contribution in [0.15, 0.2) is 67.0 Å². The van der Waals surface area contributed by atoms with Gasteiger partial charge in [0.1, 0.15) is 11.6 Å². The molecule has 8 nitrogen and oxygen atoms in total. The van der Waals surface area contributed by atoms with E-state index in [1.165, 1.54) is 0 Å². The van der Waals surface area contributed by atoms with Gasteiger partial charge in [-0.2, -0.15) is 0 Å². The van der Waals surface area contributed by atoms with E-state index in [1.54, 1.807) is 33.2 Å². The fraction of sp³-hybridized carbons (Fsp3) is 0.387. The van der Waals surface area contributed by atoms with Crippen LogP contribution >= 0.6 is 0 Å². The summed E-state index contributed by atoms with van der Waals surface area (Å²) in [4.78, 5) is 46.6. The number of aromatic nitrogens is 2. The van der Waals surface area contributed by atoms with Gasteiger partial charge in [0.05, 0.1) is 11.4 Å². The first-order chi connectivity index (χ1) is 18.6. The Morgan fingerprint density at radius 1 is 0.897 bits per heavy atom. The van der Waals surface area contributed by atoms with Crippen molar-refractivity contribution in [3.05, 3.63) is 72.6 Å². The molecule has 2 heterocycles. The molecule has 206 valence electrons. The van der Waals surface area contributed by atoms with Crippen LogP contribution in [0.1, 0.15) is 65.4 Å². The van der Waals surface area contributed by atoms with Crippen LogP contribution in [-0.4, -0.2) is 39.5 Å². The predicted molar refractivity (Wildman–Crippen MR) is 152 cm³/mol. The number of carbonyl (C=O) groups is 3. The van der Waals surface area contributed by atoms with Gasteiger partial charge in [-0.05, 0) is 94.5 Å². The molecule has 0 unspecified atom stereocenters. The maximum absolute atomic E-state index is 12.9. The van der Waals surface area contributed by atoms with E-state index < -0.39 is 23.6 Å². The molecule has 0 saturated carbocycles. The number of alkyl carbamates (subject to hydrolysis) is 1. The SMILES string of the molecule is CCCCC(=O)NC(=O)[C@H](CCCc1cc(-c2ccccn2)cc(-c2ccccn2)c1)NC(=O)OC(C)(C)C. The molecule has 0 aliphatic heterocycles. The molecule has 2 N–H and O–H groups in total. The van der Waals surface area contributed by atoms with E-state index in [1.807, 2.05) is 43.3 Å². The van der Waals surface area contributed by atoms with Crippen molar-refractivity contribution in [2.75, 3.05) is 0 Å². The number of imide groups is 1. The first-order valence-electron chi connectivity index (χ1n) is 13.4. The second-order valence-corrected chi connectivity index (χ2v) is 10.5. The zero-order valence-electron chi connectivity index (χ0n) is 23.2. The normalized spacial score (nSPS) is 11.9. The molecule has 0 fully saturated rings. The molecule has 3 amide bonds. The lowest BCUT2D eigenvalue weighted by atomic mass is 9.97. The highest BCUT2D eigenvalue weighted by atomic mass is 16.6. The number of pyridine rings is 2. The summed E-state index contributed by atoms with van der Waals surface area (Å²) in [6.07, 6.45) is 6.18. The van der Waals surface area contributed by atoms with E-state index in [0.717, 1.165) is 34.5 Å². The van der Waals surface area contributed by atoms with Crippen LogP contribution in [0.25, 0.3) is 22.5 Å². The number of amides is 3. The van der Waals surface area contributed by atoms with Crippen LogP contribution in [0.2, 0.25) is 0 Å². The molecule has 1 aromatic carbocycles. The molecule has 0 bridgehead atoms. The molecule has 8 heteroatoms. The van der Waals surface area contributed by atoms with Crippen molar-refractivity contribution >= 4 is 17.9 Å². The molecule has 2 aromatic heterocycles. The summed E-state index contributed by atoms with van der Waals surface area (Å²) in [5.74, 6) is -0.876. The van der Waals surface area contributed by atoms with Crippen LogP contribution in [0.5, 0.6) is 0 Å². The van der Waals surface area contributed by atoms with Gasteiger partial charge < -0.3 is 10.1 Å². The quantitative estimate of drug-likeness (QED) is 0.321. The molecule has 0 aliphatic carbocycles. The molecule has 0 spiro atoms. The molecule has 1 atom stereocenters. The third kappa shape index (κ3) is 9.96. The minimum Gasteiger partial charge on any atom is -0.444 e. The Balaban J connectivity index is 1.77. The average Bonchev–Trinajstić information content (AvgIpc) is 2.91. The van der Waals surface area contributed by atoms with Crippen molar-refractivity contribution in [2.45, 2.75) is 77.9 Å². The van der Waals surface area contributed by atoms with Gasteiger partial charge in [-0.1, -0.05) is 25.5 Å². The van der Waals surface area contributed by atoms with Crippen LogP contribution in [0, 0.1) is 0 Å². The topological polar surface area (TPSA) is 110 Å². The summed E-state index contributed by atoms with van der Waals surface area (Å²) in [7, 11) is 0. The summed E-state index contributed by atoms with van der Waals surface area (Å²) < 4.78 is 5.35. The third-order valence-corrected chi connectivity index (χ3v) is 5.90. The van der Waals surface area contributed by atoms with E-state index in [9.17, 15) is 14.4 Å². The highest BCUT2D eigenvalue weighted by Crippen LogP contribution is 2.27. The summed E-state index contributed by atoms with van der Waals surface area (Å²) in [6.45, 7) is 7.24. The Morgan fingerprint density at radius 2 is 1.51 bits per heavy atom. The van der Waals surface area contributed by atoms with E-state index in [2.05, 4.69) is 38.8 Å². The average molecular weight is 531 g/mol. The Bertz CT molecular complexity index is 1180. The molecule has 3 rings (SSSR count). The predicted octanol–water partition coefficient (Wildman–Crippen LogP) is 5.86. The number of unbranched alkanes of at least 4 members (excludes halogenated alkanes) is 1. The monoisotopic (exact) mass is 530 g/mol. The fourth-order valence-electron chi connectivity index (χ4n) is 4.05. The number of benzene rings is 1. The number of hydrogen-bond donors (Lipinski definition) is 2. The molecule has 3 aromatic rings. The zero-order valence-corrected chi connectivity index (χ0v) is 23.2. The Labute approximate surface area is 230 Å². The molecule has 0 radical (unpaired) electrons. The van der Waals surface area contributed by atoms with Crippen LogP contribution in [0.3, 0.4) is 0 Å². The molecule has 39 heavy (non-hydrogen) atoms. The second-order valence-electron chi connectivity index (χ2n) is 10.5. The molecular weight excluding hydrogens is 492 g/mol. The van der Waals surface area contributed by atoms with E-state index in [4.69, 9.17) is 4.74 Å². The highest BCUT2D eigenvalue weighted by molar-refractivity contribution is 5.98. The Hall–Kier alpha value is -4.07. The van der Waals surface area contributed by atoms with Crippen molar-refractivity contribution in [1.29, 1.82) is 0 Å². The number of aryl methyl sites for hydroxylation is 1. The number of nitrogens with one attached hydrogen (secondary N) is 2. The Kier molecular flexibility index (Phi) is 10.7. The van der Waals surface area contributed by atoms with Gasteiger partial charge in [-0.25, -0.2) is 4.79 Å². The number of rotatable bonds is 11. The number of carbonyl (C=O) groups excluding carboxylic acids is 3. The van der Waals surface area contributed by atoms with Crippen molar-refractivity contribution in [1.82, 2.24) is 20.6 Å². The van der Waals surface area contributed by atoms with E-state index in [0.29, 0.717) is 25.7 Å². The first kappa shape index (κ1) is 29.5. The summed E-state index contributed by atoms with van der Waals surface area (Å²) in [6, 6.07) is 16.9. The van der Waals surface area contributed by atoms with Crippen molar-refractivity contribution < 1.29 is 19.1 Å². The van der Waals surface area contributed by atoms with Gasteiger partial charge in [-0.15, -0.1) is 0 Å². The second kappa shape index (κ2) is 14.2. The van der Waals surface area contributed by atoms with Gasteiger partial charge in [0.15, 0.2) is 0 Å². The van der Waals surface area contributed by atoms with Gasteiger partial charge in [-0.3, -0.25) is 24.9 Å². The standard InChI is InChI=1S/C31H38N4O4/c1-5-6-16-28(36)35-29(37)27(34-30(38)39-31(2,3)4)15-11-12-22-19-23(25-13-7-9-17-32-25)21-24(20-22)26-14-8-10-18-33-26/h7-10,13-14,17-21,27H,5-6,11-12,15-16H2,1-4H3,(H,34,38)(H,35,36,37)/t27-/m0/s1. The number of nitrogens with zero attached hydrogens (tertiary/aromatic N) is 2. The van der Waals surface area contributed by atoms with E-state index >= 15 is 0 Å². The Morgan fingerprint density at radius 3 is 2.03 bits per heavy atom. The smallest absolute Gasteiger partial charge is 0.408 e. The highest BCUT2D eigenvalue weighted by Gasteiger charge is 2.25. The maximum atomic E-state index is 12.9. The van der Waals surface area contributed by atoms with Crippen molar-refractivity contribution in [3.63, 3.8) is 0 Å². The number of ether oxygens (including phenoxy) is 1. The van der Waals surface area contributed by atoms with Gasteiger partial charge in [0, 0.05) is 29.9 Å². The largest absolute Gasteiger partial charge is 0.444 e. The summed E-state index contributed by atoms with van der Waals surface area (Å²) in [5.41, 5.74) is 3.98. The summed E-state index contributed by atoms with van der Waals surface area (Å²) >= 11 is 0. The fourth-order valence-corrected chi connectivity index (χ4v) is 4.05. The molecule has 0 aliphatic rings. The lowest BCUT2D eigenvalue weighted by Gasteiger charge is -2.23. The zero-order chi connectivity index (χ0) is 28.3. The van der Waals surface area contributed by atoms with Gasteiger partial charge in [0.2, 0.25) is 11.8 Å². The van der Waals surface area contributed by atoms with Gasteiger partial charge >= 0.3 is 6.09 Å². The lowest BCUT2D eigenvalue weighted by molar-refractivity contribution is -0.131.